The number of alkyl halides is 7. The number of ether oxygens (including phenoxy) is 1. The minimum atomic E-state index is -5.08. The molecule has 0 saturated carbocycles. The first kappa shape index (κ1) is 40.0. The summed E-state index contributed by atoms with van der Waals surface area (Å²) in [7, 11) is 0. The van der Waals surface area contributed by atoms with Crippen molar-refractivity contribution in [3.63, 3.8) is 0 Å². The molecule has 292 valence electrons. The quantitative estimate of drug-likeness (QED) is 0.142. The Hall–Kier alpha value is -5.15. The number of rotatable bonds is 7. The Kier molecular flexibility index (Phi) is 11.3. The molecule has 54 heavy (non-hydrogen) atoms. The number of nitrogens with zero attached hydrogens (tertiary/aromatic N) is 4. The number of carboxylic acids is 2. The van der Waals surface area contributed by atoms with E-state index in [0.717, 1.165) is 30.2 Å². The third kappa shape index (κ3) is 8.96. The molecule has 6 N–H and O–H groups in total. The summed E-state index contributed by atoms with van der Waals surface area (Å²) in [5.74, 6) is -5.91. The van der Waals surface area contributed by atoms with Crippen LogP contribution < -0.4 is 15.4 Å². The number of benzene rings is 2. The van der Waals surface area contributed by atoms with Crippen LogP contribution >= 0.6 is 0 Å². The van der Waals surface area contributed by atoms with Gasteiger partial charge in [0.2, 0.25) is 0 Å². The van der Waals surface area contributed by atoms with E-state index in [-0.39, 0.29) is 41.9 Å². The molecule has 3 fully saturated rings. The highest BCUT2D eigenvalue weighted by molar-refractivity contribution is 5.99. The number of β-amino-alcohol motifs (C(OH)–C–C–N with tert-alkyl or cyclic N) is 1. The van der Waals surface area contributed by atoms with E-state index < -0.39 is 47.4 Å². The van der Waals surface area contributed by atoms with Crippen molar-refractivity contribution >= 4 is 39.4 Å². The van der Waals surface area contributed by atoms with E-state index in [0.29, 0.717) is 37.0 Å². The summed E-state index contributed by atoms with van der Waals surface area (Å²) < 4.78 is 100. The molecule has 21 heteroatoms. The monoisotopic (exact) mass is 776 g/mol. The molecule has 13 nitrogen and oxygen atoms in total. The topological polar surface area (TPSA) is 190 Å². The van der Waals surface area contributed by atoms with Gasteiger partial charge in [-0.3, -0.25) is 9.88 Å². The van der Waals surface area contributed by atoms with Crippen LogP contribution in [0, 0.1) is 5.82 Å². The van der Waals surface area contributed by atoms with Crippen molar-refractivity contribution in [2.24, 2.45) is 0 Å². The van der Waals surface area contributed by atoms with Crippen LogP contribution in [0.1, 0.15) is 19.3 Å². The predicted molar refractivity (Wildman–Crippen MR) is 174 cm³/mol. The lowest BCUT2D eigenvalue weighted by atomic mass is 9.95. The summed E-state index contributed by atoms with van der Waals surface area (Å²) in [5.41, 5.74) is -0.900. The van der Waals surface area contributed by atoms with Gasteiger partial charge in [-0.1, -0.05) is 24.3 Å². The molecular formula is C33H32F8N6O7. The van der Waals surface area contributed by atoms with Crippen molar-refractivity contribution in [2.45, 2.75) is 48.9 Å². The molecule has 2 aromatic carbocycles. The molecule has 0 spiro atoms. The van der Waals surface area contributed by atoms with Gasteiger partial charge >= 0.3 is 30.3 Å². The van der Waals surface area contributed by atoms with E-state index in [9.17, 15) is 40.9 Å². The van der Waals surface area contributed by atoms with Gasteiger partial charge in [-0.2, -0.15) is 36.3 Å². The highest BCUT2D eigenvalue weighted by Crippen LogP contribution is 2.41. The Morgan fingerprint density at radius 2 is 1.67 bits per heavy atom. The van der Waals surface area contributed by atoms with E-state index in [1.165, 1.54) is 12.3 Å². The normalized spacial score (nSPS) is 20.6. The number of anilines is 1. The highest BCUT2D eigenvalue weighted by Gasteiger charge is 2.49. The van der Waals surface area contributed by atoms with Crippen molar-refractivity contribution in [1.82, 2.24) is 25.2 Å². The second-order valence-electron chi connectivity index (χ2n) is 12.9. The lowest BCUT2D eigenvalue weighted by Crippen LogP contribution is -2.63. The zero-order chi connectivity index (χ0) is 39.6. The maximum Gasteiger partial charge on any atom is 0.490 e. The molecule has 0 radical (unpaired) electrons. The molecule has 0 bridgehead atoms. The van der Waals surface area contributed by atoms with Crippen LogP contribution in [0.15, 0.2) is 42.6 Å². The molecule has 2 aromatic heterocycles. The van der Waals surface area contributed by atoms with Crippen molar-refractivity contribution in [2.75, 3.05) is 44.6 Å². The van der Waals surface area contributed by atoms with Crippen LogP contribution in [0.5, 0.6) is 11.8 Å². The molecule has 0 unspecified atom stereocenters. The molecule has 5 heterocycles. The molecule has 4 aromatic rings. The first-order chi connectivity index (χ1) is 25.2. The molecule has 3 aliphatic heterocycles. The Bertz CT molecular complexity index is 2010. The number of carbonyl (C=O) groups is 2. The average molecular weight is 777 g/mol. The fraction of sp³-hybridized carbons (Fsp3) is 0.424. The van der Waals surface area contributed by atoms with Gasteiger partial charge in [-0.15, -0.1) is 0 Å². The lowest BCUT2D eigenvalue weighted by Gasteiger charge is -2.37. The SMILES string of the molecule is O=C(O)C(F)(F)F.O=C(O)C(F)(F)F.Oc1cc(-c2ncc3c(NCC4(O)CNC4)nc(OC[C@@]45CCCN4C[C@H](F)C5)nc3c2F)c2ccccc2c1. The highest BCUT2D eigenvalue weighted by atomic mass is 19.4. The van der Waals surface area contributed by atoms with Gasteiger partial charge < -0.3 is 35.8 Å². The van der Waals surface area contributed by atoms with Crippen molar-refractivity contribution in [3.05, 3.63) is 48.4 Å². The third-order valence-electron chi connectivity index (χ3n) is 8.97. The second-order valence-corrected chi connectivity index (χ2v) is 12.9. The van der Waals surface area contributed by atoms with E-state index in [2.05, 4.69) is 30.5 Å². The predicted octanol–water partition coefficient (Wildman–Crippen LogP) is 4.66. The summed E-state index contributed by atoms with van der Waals surface area (Å²) >= 11 is 0. The number of aromatic nitrogens is 3. The van der Waals surface area contributed by atoms with E-state index in [1.54, 1.807) is 6.07 Å². The van der Waals surface area contributed by atoms with Crippen LogP contribution in [0.2, 0.25) is 0 Å². The van der Waals surface area contributed by atoms with Crippen LogP contribution in [-0.2, 0) is 9.59 Å². The zero-order valence-corrected chi connectivity index (χ0v) is 27.8. The number of phenols is 1. The third-order valence-corrected chi connectivity index (χ3v) is 8.97. The number of fused-ring (bicyclic) bond motifs is 3. The van der Waals surface area contributed by atoms with Gasteiger partial charge in [0, 0.05) is 44.4 Å². The summed E-state index contributed by atoms with van der Waals surface area (Å²) in [5, 5.41) is 43.2. The fourth-order valence-corrected chi connectivity index (χ4v) is 6.35. The molecule has 7 rings (SSSR count). The first-order valence-corrected chi connectivity index (χ1v) is 16.1. The Morgan fingerprint density at radius 1 is 1.02 bits per heavy atom. The number of aromatic hydroxyl groups is 1. The second kappa shape index (κ2) is 15.3. The average Bonchev–Trinajstić information content (AvgIpc) is 3.60. The molecule has 3 saturated heterocycles. The number of aliphatic carboxylic acids is 2. The molecule has 0 aliphatic carbocycles. The minimum absolute atomic E-state index is 0.000726. The zero-order valence-electron chi connectivity index (χ0n) is 27.8. The van der Waals surface area contributed by atoms with Gasteiger partial charge in [-0.25, -0.2) is 18.4 Å². The maximum absolute atomic E-state index is 16.3. The number of halogens is 8. The number of pyridine rings is 1. The van der Waals surface area contributed by atoms with Crippen LogP contribution in [0.3, 0.4) is 0 Å². The smallest absolute Gasteiger partial charge is 0.490 e. The van der Waals surface area contributed by atoms with Crippen molar-refractivity contribution in [3.8, 4) is 23.0 Å². The van der Waals surface area contributed by atoms with Crippen molar-refractivity contribution in [1.29, 1.82) is 0 Å². The van der Waals surface area contributed by atoms with E-state index in [4.69, 9.17) is 24.5 Å². The number of aliphatic hydroxyl groups is 1. The molecule has 0 amide bonds. The standard InChI is InChI=1S/C29H30F2N6O3.2C2HF3O2/c30-18-10-28(6-3-7-37(28)12-18)16-40-27-35-25-22(26(36-27)34-15-29(39)13-32-14-29)11-33-24(23(25)31)21-9-19(38)8-17-4-1-2-5-20(17)21;2*3-2(4,5)1(6)7/h1-2,4-5,8-9,11,18,32,38-39H,3,6-7,10,12-16H2,(H,34,35,36);2*(H,6,7)/t18-,28+;;/m1../s1. The minimum Gasteiger partial charge on any atom is -0.508 e. The molecular weight excluding hydrogens is 744 g/mol. The summed E-state index contributed by atoms with van der Waals surface area (Å²) in [6, 6.07) is 10.4. The van der Waals surface area contributed by atoms with Gasteiger partial charge in [-0.05, 0) is 42.3 Å². The molecule has 2 atom stereocenters. The van der Waals surface area contributed by atoms with Gasteiger partial charge in [0.25, 0.3) is 0 Å². The maximum atomic E-state index is 16.3. The van der Waals surface area contributed by atoms with Crippen LogP contribution in [0.4, 0.5) is 40.9 Å². The summed E-state index contributed by atoms with van der Waals surface area (Å²) in [6.45, 7) is 2.45. The Morgan fingerprint density at radius 3 is 2.28 bits per heavy atom. The van der Waals surface area contributed by atoms with Crippen molar-refractivity contribution < 1.29 is 69.9 Å². The lowest BCUT2D eigenvalue weighted by molar-refractivity contribution is -0.193. The van der Waals surface area contributed by atoms with Crippen LogP contribution in [0.25, 0.3) is 32.9 Å². The Labute approximate surface area is 299 Å². The number of hydrogen-bond donors (Lipinski definition) is 6. The fourth-order valence-electron chi connectivity index (χ4n) is 6.35. The number of phenolic OH excluding ortho intramolecular Hbond substituents is 1. The van der Waals surface area contributed by atoms with Gasteiger partial charge in [0.1, 0.15) is 41.2 Å². The Balaban J connectivity index is 0.000000342. The molecule has 3 aliphatic rings. The largest absolute Gasteiger partial charge is 0.508 e. The summed E-state index contributed by atoms with van der Waals surface area (Å²) in [6.07, 6.45) is -7.41. The van der Waals surface area contributed by atoms with E-state index >= 15 is 4.39 Å². The summed E-state index contributed by atoms with van der Waals surface area (Å²) in [4.78, 5) is 33.3. The number of nitrogens with one attached hydrogen (secondary N) is 2. The van der Waals surface area contributed by atoms with E-state index in [1.807, 2.05) is 24.3 Å². The van der Waals surface area contributed by atoms with Gasteiger partial charge in [0.05, 0.1) is 10.9 Å². The number of hydrogen-bond acceptors (Lipinski definition) is 11. The number of carboxylic acid groups (broad SMARTS) is 2. The first-order valence-electron chi connectivity index (χ1n) is 16.1. The van der Waals surface area contributed by atoms with Crippen LogP contribution in [-0.4, -0.2) is 121 Å². The van der Waals surface area contributed by atoms with Gasteiger partial charge in [0.15, 0.2) is 5.82 Å².